The van der Waals surface area contributed by atoms with Crippen molar-refractivity contribution in [2.45, 2.75) is 25.7 Å². The first-order valence-corrected chi connectivity index (χ1v) is 5.71. The summed E-state index contributed by atoms with van der Waals surface area (Å²) in [5.41, 5.74) is 0. The number of aliphatic hydroxyl groups excluding tert-OH is 2. The number of hydrogen-bond acceptors (Lipinski definition) is 2. The summed E-state index contributed by atoms with van der Waals surface area (Å²) in [5, 5.41) is 18.3. The van der Waals surface area contributed by atoms with Crippen molar-refractivity contribution >= 4 is 0 Å². The minimum atomic E-state index is 0.126. The zero-order valence-corrected chi connectivity index (χ0v) is 8.60. The lowest BCUT2D eigenvalue weighted by molar-refractivity contribution is 0.106. The van der Waals surface area contributed by atoms with Crippen LogP contribution in [0, 0.1) is 23.7 Å². The van der Waals surface area contributed by atoms with Crippen LogP contribution in [0.1, 0.15) is 25.7 Å². The average molecular weight is 196 g/mol. The lowest BCUT2D eigenvalue weighted by Gasteiger charge is -2.19. The smallest absolute Gasteiger partial charge is 0.0483 e. The predicted molar refractivity (Wildman–Crippen MR) is 55.7 cm³/mol. The van der Waals surface area contributed by atoms with Gasteiger partial charge in [-0.3, -0.25) is 0 Å². The molecular formula is C12H20O2. The molecule has 0 bridgehead atoms. The third kappa shape index (κ3) is 1.86. The highest BCUT2D eigenvalue weighted by atomic mass is 16.3. The van der Waals surface area contributed by atoms with Crippen LogP contribution in [-0.4, -0.2) is 23.4 Å². The zero-order valence-electron chi connectivity index (χ0n) is 8.60. The van der Waals surface area contributed by atoms with Crippen LogP contribution in [0.25, 0.3) is 0 Å². The lowest BCUT2D eigenvalue weighted by atomic mass is 9.86. The van der Waals surface area contributed by atoms with E-state index in [1.807, 2.05) is 0 Å². The van der Waals surface area contributed by atoms with Crippen LogP contribution in [-0.2, 0) is 0 Å². The van der Waals surface area contributed by atoms with Gasteiger partial charge >= 0.3 is 0 Å². The standard InChI is InChI=1S/C12H20O2/c13-7-12(8-14)11-5-9-3-1-2-4-10(9)6-11/h1-2,9-14H,3-8H2/t9-,10+,11?. The van der Waals surface area contributed by atoms with Crippen LogP contribution in [0.15, 0.2) is 12.2 Å². The Hall–Kier alpha value is -0.340. The Morgan fingerprint density at radius 2 is 1.50 bits per heavy atom. The monoisotopic (exact) mass is 196 g/mol. The molecule has 0 saturated heterocycles. The molecule has 2 aliphatic rings. The quantitative estimate of drug-likeness (QED) is 0.673. The van der Waals surface area contributed by atoms with E-state index in [0.29, 0.717) is 5.92 Å². The van der Waals surface area contributed by atoms with Gasteiger partial charge < -0.3 is 10.2 Å². The molecule has 3 atom stereocenters. The summed E-state index contributed by atoms with van der Waals surface area (Å²) < 4.78 is 0. The van der Waals surface area contributed by atoms with E-state index < -0.39 is 0 Å². The molecule has 0 radical (unpaired) electrons. The molecule has 0 aromatic rings. The fourth-order valence-corrected chi connectivity index (χ4v) is 3.12. The number of hydrogen-bond donors (Lipinski definition) is 2. The van der Waals surface area contributed by atoms with Crippen LogP contribution < -0.4 is 0 Å². The number of rotatable bonds is 3. The van der Waals surface area contributed by atoms with E-state index in [2.05, 4.69) is 12.2 Å². The van der Waals surface area contributed by atoms with Crippen molar-refractivity contribution in [3.05, 3.63) is 12.2 Å². The van der Waals surface area contributed by atoms with E-state index in [1.54, 1.807) is 0 Å². The van der Waals surface area contributed by atoms with Gasteiger partial charge in [-0.25, -0.2) is 0 Å². The summed E-state index contributed by atoms with van der Waals surface area (Å²) in [5.74, 6) is 2.33. The summed E-state index contributed by atoms with van der Waals surface area (Å²) in [6, 6.07) is 0. The molecule has 2 aliphatic carbocycles. The molecule has 80 valence electrons. The van der Waals surface area contributed by atoms with Crippen molar-refractivity contribution in [1.29, 1.82) is 0 Å². The summed E-state index contributed by atoms with van der Waals surface area (Å²) in [6.07, 6.45) is 9.42. The molecule has 0 spiro atoms. The maximum Gasteiger partial charge on any atom is 0.0483 e. The Morgan fingerprint density at radius 3 is 1.93 bits per heavy atom. The second-order valence-corrected chi connectivity index (χ2v) is 4.82. The minimum Gasteiger partial charge on any atom is -0.396 e. The Bertz CT molecular complexity index is 192. The summed E-state index contributed by atoms with van der Waals surface area (Å²) in [6.45, 7) is 0.294. The van der Waals surface area contributed by atoms with Gasteiger partial charge in [0.1, 0.15) is 0 Å². The summed E-state index contributed by atoms with van der Waals surface area (Å²) in [4.78, 5) is 0. The van der Waals surface area contributed by atoms with Crippen molar-refractivity contribution < 1.29 is 10.2 Å². The summed E-state index contributed by atoms with van der Waals surface area (Å²) >= 11 is 0. The third-order valence-corrected chi connectivity index (χ3v) is 4.06. The van der Waals surface area contributed by atoms with Gasteiger partial charge in [0.25, 0.3) is 0 Å². The molecule has 0 aliphatic heterocycles. The van der Waals surface area contributed by atoms with Crippen molar-refractivity contribution in [2.75, 3.05) is 13.2 Å². The molecule has 1 fully saturated rings. The predicted octanol–water partition coefficient (Wildman–Crippen LogP) is 1.58. The molecule has 2 heteroatoms. The van der Waals surface area contributed by atoms with Crippen molar-refractivity contribution in [2.24, 2.45) is 23.7 Å². The van der Waals surface area contributed by atoms with Crippen LogP contribution in [0.2, 0.25) is 0 Å². The van der Waals surface area contributed by atoms with Crippen molar-refractivity contribution in [3.8, 4) is 0 Å². The van der Waals surface area contributed by atoms with E-state index in [0.717, 1.165) is 11.8 Å². The van der Waals surface area contributed by atoms with E-state index in [1.165, 1.54) is 25.7 Å². The van der Waals surface area contributed by atoms with E-state index >= 15 is 0 Å². The molecule has 1 saturated carbocycles. The molecule has 0 amide bonds. The molecule has 2 nitrogen and oxygen atoms in total. The van der Waals surface area contributed by atoms with Crippen molar-refractivity contribution in [1.82, 2.24) is 0 Å². The number of fused-ring (bicyclic) bond motifs is 1. The molecule has 2 N–H and O–H groups in total. The van der Waals surface area contributed by atoms with Gasteiger partial charge in [0, 0.05) is 19.1 Å². The summed E-state index contributed by atoms with van der Waals surface area (Å²) in [7, 11) is 0. The molecular weight excluding hydrogens is 176 g/mol. The minimum absolute atomic E-state index is 0.126. The fraction of sp³-hybridized carbons (Fsp3) is 0.833. The van der Waals surface area contributed by atoms with Crippen LogP contribution >= 0.6 is 0 Å². The van der Waals surface area contributed by atoms with Gasteiger partial charge in [0.2, 0.25) is 0 Å². The Kier molecular flexibility index (Phi) is 3.24. The average Bonchev–Trinajstić information content (AvgIpc) is 2.63. The molecule has 0 heterocycles. The van der Waals surface area contributed by atoms with E-state index in [-0.39, 0.29) is 19.1 Å². The zero-order chi connectivity index (χ0) is 9.97. The highest BCUT2D eigenvalue weighted by Gasteiger charge is 2.37. The van der Waals surface area contributed by atoms with Crippen molar-refractivity contribution in [3.63, 3.8) is 0 Å². The first-order chi connectivity index (χ1) is 6.85. The Labute approximate surface area is 85.6 Å². The van der Waals surface area contributed by atoms with Gasteiger partial charge in [0.15, 0.2) is 0 Å². The SMILES string of the molecule is OCC(CO)C1C[C@H]2CC=CC[C@H]2C1. The second-order valence-electron chi connectivity index (χ2n) is 4.82. The second kappa shape index (κ2) is 4.45. The van der Waals surface area contributed by atoms with E-state index in [4.69, 9.17) is 10.2 Å². The normalized spacial score (nSPS) is 36.4. The largest absolute Gasteiger partial charge is 0.396 e. The molecule has 1 unspecified atom stereocenters. The third-order valence-electron chi connectivity index (χ3n) is 4.06. The number of allylic oxidation sites excluding steroid dienone is 2. The Balaban J connectivity index is 1.94. The molecule has 2 rings (SSSR count). The van der Waals surface area contributed by atoms with Gasteiger partial charge in [-0.15, -0.1) is 0 Å². The highest BCUT2D eigenvalue weighted by molar-refractivity contribution is 4.99. The van der Waals surface area contributed by atoms with Gasteiger partial charge in [0.05, 0.1) is 0 Å². The highest BCUT2D eigenvalue weighted by Crippen LogP contribution is 2.45. The van der Waals surface area contributed by atoms with Gasteiger partial charge in [-0.1, -0.05) is 12.2 Å². The van der Waals surface area contributed by atoms with Gasteiger partial charge in [-0.2, -0.15) is 0 Å². The fourth-order valence-electron chi connectivity index (χ4n) is 3.12. The van der Waals surface area contributed by atoms with Crippen LogP contribution in [0.3, 0.4) is 0 Å². The molecule has 14 heavy (non-hydrogen) atoms. The maximum atomic E-state index is 9.14. The van der Waals surface area contributed by atoms with Crippen LogP contribution in [0.5, 0.6) is 0 Å². The first-order valence-electron chi connectivity index (χ1n) is 5.71. The number of aliphatic hydroxyl groups is 2. The lowest BCUT2D eigenvalue weighted by Crippen LogP contribution is -2.20. The topological polar surface area (TPSA) is 40.5 Å². The molecule has 0 aromatic heterocycles. The maximum absolute atomic E-state index is 9.14. The van der Waals surface area contributed by atoms with Gasteiger partial charge in [-0.05, 0) is 43.4 Å². The van der Waals surface area contributed by atoms with E-state index in [9.17, 15) is 0 Å². The first kappa shape index (κ1) is 10.2. The van der Waals surface area contributed by atoms with Crippen LogP contribution in [0.4, 0.5) is 0 Å². The molecule has 0 aromatic carbocycles. The Morgan fingerprint density at radius 1 is 1.00 bits per heavy atom.